The minimum atomic E-state index is -0.901. The highest BCUT2D eigenvalue weighted by atomic mass is 19.1. The molecule has 8 heteroatoms. The number of nitrogens with zero attached hydrogens (tertiary/aromatic N) is 2. The molecule has 146 valence electrons. The molecule has 7 nitrogen and oxygen atoms in total. The first-order chi connectivity index (χ1) is 13.6. The van der Waals surface area contributed by atoms with Crippen LogP contribution in [0.2, 0.25) is 0 Å². The van der Waals surface area contributed by atoms with Crippen LogP contribution in [0.3, 0.4) is 0 Å². The summed E-state index contributed by atoms with van der Waals surface area (Å²) >= 11 is 0. The van der Waals surface area contributed by atoms with Gasteiger partial charge in [-0.1, -0.05) is 19.1 Å². The summed E-state index contributed by atoms with van der Waals surface area (Å²) in [5, 5.41) is 10.2. The van der Waals surface area contributed by atoms with Crippen LogP contribution < -0.4 is 14.8 Å². The van der Waals surface area contributed by atoms with Gasteiger partial charge in [-0.3, -0.25) is 4.79 Å². The van der Waals surface area contributed by atoms with Crippen LogP contribution in [0.25, 0.3) is 11.3 Å². The van der Waals surface area contributed by atoms with Crippen LogP contribution in [0.1, 0.15) is 20.3 Å². The van der Waals surface area contributed by atoms with E-state index in [-0.39, 0.29) is 11.6 Å². The van der Waals surface area contributed by atoms with Crippen LogP contribution in [-0.4, -0.2) is 28.9 Å². The molecule has 1 atom stereocenters. The fraction of sp³-hybridized carbons (Fsp3) is 0.250. The summed E-state index contributed by atoms with van der Waals surface area (Å²) in [6, 6.07) is 13.1. The van der Waals surface area contributed by atoms with Crippen LogP contribution in [0, 0.1) is 5.82 Å². The summed E-state index contributed by atoms with van der Waals surface area (Å²) in [5.41, 5.74) is 1.07. The first-order valence-electron chi connectivity index (χ1n) is 8.90. The molecule has 28 heavy (non-hydrogen) atoms. The number of ether oxygens (including phenoxy) is 2. The normalized spacial score (nSPS) is 11.7. The number of carbonyl (C=O) groups is 1. The maximum absolute atomic E-state index is 13.8. The molecule has 2 aromatic carbocycles. The molecule has 1 heterocycles. The summed E-state index contributed by atoms with van der Waals surface area (Å²) in [4.78, 5) is 12.6. The molecule has 1 N–H and O–H groups in total. The zero-order valence-electron chi connectivity index (χ0n) is 15.5. The zero-order valence-corrected chi connectivity index (χ0v) is 15.5. The molecule has 0 aliphatic rings. The predicted molar refractivity (Wildman–Crippen MR) is 101 cm³/mol. The molecule has 0 saturated carbocycles. The Hall–Kier alpha value is -3.42. The predicted octanol–water partition coefficient (Wildman–Crippen LogP) is 4.07. The van der Waals surface area contributed by atoms with Crippen LogP contribution in [-0.2, 0) is 4.79 Å². The first-order valence-corrected chi connectivity index (χ1v) is 8.90. The lowest BCUT2D eigenvalue weighted by atomic mass is 10.1. The van der Waals surface area contributed by atoms with Gasteiger partial charge in [-0.25, -0.2) is 9.02 Å². The van der Waals surface area contributed by atoms with Crippen LogP contribution in [0.4, 0.5) is 10.2 Å². The highest BCUT2D eigenvalue weighted by Crippen LogP contribution is 2.27. The van der Waals surface area contributed by atoms with Gasteiger partial charge in [0.05, 0.1) is 6.61 Å². The van der Waals surface area contributed by atoms with Crippen molar-refractivity contribution in [3.05, 3.63) is 54.3 Å². The van der Waals surface area contributed by atoms with Crippen LogP contribution in [0.15, 0.2) is 53.2 Å². The lowest BCUT2D eigenvalue weighted by molar-refractivity contribution is -0.122. The number of rotatable bonds is 8. The van der Waals surface area contributed by atoms with E-state index in [0.29, 0.717) is 24.3 Å². The Balaban J connectivity index is 1.73. The van der Waals surface area contributed by atoms with E-state index in [2.05, 4.69) is 15.6 Å². The Bertz CT molecular complexity index is 927. The number of amides is 1. The summed E-state index contributed by atoms with van der Waals surface area (Å²) in [7, 11) is 0. The number of halogens is 1. The van der Waals surface area contributed by atoms with Gasteiger partial charge < -0.3 is 14.8 Å². The van der Waals surface area contributed by atoms with Gasteiger partial charge in [0.2, 0.25) is 5.82 Å². The third kappa shape index (κ3) is 4.46. The van der Waals surface area contributed by atoms with E-state index in [1.54, 1.807) is 43.3 Å². The Labute approximate surface area is 161 Å². The van der Waals surface area contributed by atoms with E-state index in [9.17, 15) is 9.18 Å². The summed E-state index contributed by atoms with van der Waals surface area (Å²) in [6.45, 7) is 4.22. The van der Waals surface area contributed by atoms with Crippen LogP contribution in [0.5, 0.6) is 11.5 Å². The summed E-state index contributed by atoms with van der Waals surface area (Å²) in [5.74, 6) is -0.127. The third-order valence-electron chi connectivity index (χ3n) is 3.94. The number of benzene rings is 2. The molecule has 0 unspecified atom stereocenters. The number of aromatic nitrogens is 2. The lowest BCUT2D eigenvalue weighted by Crippen LogP contribution is -2.32. The standard InChI is InChI=1S/C20H20FN3O4/c1-3-16(27-17-8-6-5-7-15(17)21)20(25)22-19-18(23-28-24-19)13-9-11-14(12-10-13)26-4-2/h5-12,16H,3-4H2,1-2H3,(H,22,24,25)/t16-/m1/s1. The van der Waals surface area contributed by atoms with Crippen molar-refractivity contribution in [2.75, 3.05) is 11.9 Å². The van der Waals surface area contributed by atoms with Gasteiger partial charge in [-0.15, -0.1) is 0 Å². The van der Waals surface area contributed by atoms with Gasteiger partial charge in [0.25, 0.3) is 5.91 Å². The molecular formula is C20H20FN3O4. The molecular weight excluding hydrogens is 365 g/mol. The second kappa shape index (κ2) is 8.98. The van der Waals surface area contributed by atoms with E-state index in [1.807, 2.05) is 6.92 Å². The molecule has 0 bridgehead atoms. The molecule has 3 aromatic rings. The molecule has 0 spiro atoms. The van der Waals surface area contributed by atoms with Crippen molar-refractivity contribution in [1.29, 1.82) is 0 Å². The van der Waals surface area contributed by atoms with E-state index in [4.69, 9.17) is 14.1 Å². The van der Waals surface area contributed by atoms with Gasteiger partial charge in [0, 0.05) is 5.56 Å². The SMILES string of the molecule is CCOc1ccc(-c2nonc2NC(=O)[C@@H](CC)Oc2ccccc2F)cc1. The Kier molecular flexibility index (Phi) is 6.21. The number of carbonyl (C=O) groups excluding carboxylic acids is 1. The number of anilines is 1. The maximum atomic E-state index is 13.8. The molecule has 1 aromatic heterocycles. The van der Waals surface area contributed by atoms with Gasteiger partial charge >= 0.3 is 0 Å². The van der Waals surface area contributed by atoms with Crippen molar-refractivity contribution in [2.24, 2.45) is 0 Å². The minimum absolute atomic E-state index is 0.00881. The third-order valence-corrected chi connectivity index (χ3v) is 3.94. The number of para-hydroxylation sites is 1. The number of hydrogen-bond donors (Lipinski definition) is 1. The molecule has 0 radical (unpaired) electrons. The number of nitrogens with one attached hydrogen (secondary N) is 1. The Morgan fingerprint density at radius 1 is 1.14 bits per heavy atom. The van der Waals surface area contributed by atoms with Gasteiger partial charge in [-0.2, -0.15) is 0 Å². The van der Waals surface area contributed by atoms with E-state index < -0.39 is 17.8 Å². The van der Waals surface area contributed by atoms with Crippen molar-refractivity contribution in [2.45, 2.75) is 26.4 Å². The quantitative estimate of drug-likeness (QED) is 0.629. The van der Waals surface area contributed by atoms with Crippen molar-refractivity contribution < 1.29 is 23.3 Å². The Morgan fingerprint density at radius 3 is 2.57 bits per heavy atom. The Morgan fingerprint density at radius 2 is 1.89 bits per heavy atom. The maximum Gasteiger partial charge on any atom is 0.266 e. The van der Waals surface area contributed by atoms with Crippen LogP contribution >= 0.6 is 0 Å². The fourth-order valence-corrected chi connectivity index (χ4v) is 2.55. The van der Waals surface area contributed by atoms with Crippen molar-refractivity contribution in [3.63, 3.8) is 0 Å². The average Bonchev–Trinajstić information content (AvgIpc) is 3.16. The second-order valence-electron chi connectivity index (χ2n) is 5.85. The second-order valence-corrected chi connectivity index (χ2v) is 5.85. The average molecular weight is 385 g/mol. The fourth-order valence-electron chi connectivity index (χ4n) is 2.55. The molecule has 1 amide bonds. The molecule has 0 fully saturated rings. The van der Waals surface area contributed by atoms with E-state index in [0.717, 1.165) is 5.75 Å². The summed E-state index contributed by atoms with van der Waals surface area (Å²) in [6.07, 6.45) is -0.564. The molecule has 0 aliphatic carbocycles. The summed E-state index contributed by atoms with van der Waals surface area (Å²) < 4.78 is 29.5. The van der Waals surface area contributed by atoms with Crippen molar-refractivity contribution in [3.8, 4) is 22.8 Å². The van der Waals surface area contributed by atoms with Gasteiger partial charge in [0.15, 0.2) is 23.4 Å². The zero-order chi connectivity index (χ0) is 19.9. The lowest BCUT2D eigenvalue weighted by Gasteiger charge is -2.17. The molecule has 3 rings (SSSR count). The van der Waals surface area contributed by atoms with Crippen molar-refractivity contribution >= 4 is 11.7 Å². The topological polar surface area (TPSA) is 86.5 Å². The van der Waals surface area contributed by atoms with Gasteiger partial charge in [0.1, 0.15) is 5.75 Å². The minimum Gasteiger partial charge on any atom is -0.494 e. The van der Waals surface area contributed by atoms with Crippen molar-refractivity contribution in [1.82, 2.24) is 10.3 Å². The number of hydrogen-bond acceptors (Lipinski definition) is 6. The first kappa shape index (κ1) is 19.3. The van der Waals surface area contributed by atoms with Gasteiger partial charge in [-0.05, 0) is 60.1 Å². The molecule has 0 saturated heterocycles. The van der Waals surface area contributed by atoms with E-state index >= 15 is 0 Å². The molecule has 0 aliphatic heterocycles. The smallest absolute Gasteiger partial charge is 0.266 e. The highest BCUT2D eigenvalue weighted by molar-refractivity contribution is 5.96. The largest absolute Gasteiger partial charge is 0.494 e. The van der Waals surface area contributed by atoms with E-state index in [1.165, 1.54) is 12.1 Å². The monoisotopic (exact) mass is 385 g/mol. The highest BCUT2D eigenvalue weighted by Gasteiger charge is 2.23.